The number of carbonyl (C=O) groups excluding carboxylic acids is 1. The normalized spacial score (nSPS) is 11.6. The molecule has 0 aliphatic rings. The van der Waals surface area contributed by atoms with Gasteiger partial charge in [0.2, 0.25) is 0 Å². The van der Waals surface area contributed by atoms with E-state index in [2.05, 4.69) is 0 Å². The molecular formula is C19H18O3. The van der Waals surface area contributed by atoms with Gasteiger partial charge in [-0.3, -0.25) is 0 Å². The Hall–Kier alpha value is -2.65. The highest BCUT2D eigenvalue weighted by Gasteiger charge is 2.08. The fraction of sp³-hybridized carbons (Fsp3) is 0.105. The van der Waals surface area contributed by atoms with Crippen molar-refractivity contribution in [1.82, 2.24) is 0 Å². The second-order valence-electron chi connectivity index (χ2n) is 4.57. The summed E-state index contributed by atoms with van der Waals surface area (Å²) in [4.78, 5) is 11.6. The molecule has 0 amide bonds. The van der Waals surface area contributed by atoms with Crippen LogP contribution >= 0.6 is 0 Å². The molecule has 0 saturated heterocycles. The first kappa shape index (κ1) is 15.7. The van der Waals surface area contributed by atoms with Gasteiger partial charge in [-0.05, 0) is 11.6 Å². The molecule has 0 bridgehead atoms. The SMILES string of the molecule is COCC(=O)O/C(=C/C=C/c1ccccc1)c1ccccc1. The average Bonchev–Trinajstić information content (AvgIpc) is 2.56. The molecule has 0 radical (unpaired) electrons. The molecule has 2 aromatic carbocycles. The first-order valence-electron chi connectivity index (χ1n) is 6.98. The molecule has 0 fully saturated rings. The van der Waals surface area contributed by atoms with E-state index >= 15 is 0 Å². The second kappa shape index (κ2) is 8.60. The summed E-state index contributed by atoms with van der Waals surface area (Å²) in [6, 6.07) is 19.4. The van der Waals surface area contributed by atoms with Crippen molar-refractivity contribution in [2.24, 2.45) is 0 Å². The van der Waals surface area contributed by atoms with Gasteiger partial charge in [-0.2, -0.15) is 0 Å². The first-order chi connectivity index (χ1) is 10.8. The molecule has 0 N–H and O–H groups in total. The van der Waals surface area contributed by atoms with Gasteiger partial charge in [0.25, 0.3) is 0 Å². The number of hydrogen-bond acceptors (Lipinski definition) is 3. The van der Waals surface area contributed by atoms with E-state index in [9.17, 15) is 4.79 Å². The summed E-state index contributed by atoms with van der Waals surface area (Å²) < 4.78 is 10.2. The number of hydrogen-bond donors (Lipinski definition) is 0. The van der Waals surface area contributed by atoms with Gasteiger partial charge in [0, 0.05) is 12.7 Å². The van der Waals surface area contributed by atoms with Crippen LogP contribution in [0.4, 0.5) is 0 Å². The summed E-state index contributed by atoms with van der Waals surface area (Å²) in [5, 5.41) is 0. The van der Waals surface area contributed by atoms with Crippen LogP contribution in [-0.2, 0) is 14.3 Å². The lowest BCUT2D eigenvalue weighted by molar-refractivity contribution is -0.140. The zero-order chi connectivity index (χ0) is 15.6. The van der Waals surface area contributed by atoms with Gasteiger partial charge < -0.3 is 9.47 Å². The van der Waals surface area contributed by atoms with E-state index in [1.54, 1.807) is 6.08 Å². The Morgan fingerprint density at radius 1 is 1.00 bits per heavy atom. The topological polar surface area (TPSA) is 35.5 Å². The minimum atomic E-state index is -0.425. The molecular weight excluding hydrogens is 276 g/mol. The third-order valence-electron chi connectivity index (χ3n) is 2.88. The van der Waals surface area contributed by atoms with Gasteiger partial charge in [0.05, 0.1) is 0 Å². The summed E-state index contributed by atoms with van der Waals surface area (Å²) in [6.07, 6.45) is 5.58. The van der Waals surface area contributed by atoms with E-state index < -0.39 is 5.97 Å². The molecule has 112 valence electrons. The lowest BCUT2D eigenvalue weighted by atomic mass is 10.1. The zero-order valence-electron chi connectivity index (χ0n) is 12.4. The molecule has 0 heterocycles. The molecule has 0 aliphatic heterocycles. The molecule has 22 heavy (non-hydrogen) atoms. The van der Waals surface area contributed by atoms with Gasteiger partial charge in [0.1, 0.15) is 12.4 Å². The standard InChI is InChI=1S/C19H18O3/c1-21-15-19(20)22-18(17-12-6-3-7-13-17)14-8-11-16-9-4-2-5-10-16/h2-14H,15H2,1H3/b11-8+,18-14+. The highest BCUT2D eigenvalue weighted by atomic mass is 16.6. The maximum atomic E-state index is 11.6. The Bertz CT molecular complexity index is 643. The predicted molar refractivity (Wildman–Crippen MR) is 87.9 cm³/mol. The molecule has 2 rings (SSSR count). The van der Waals surface area contributed by atoms with Crippen LogP contribution in [-0.4, -0.2) is 19.7 Å². The van der Waals surface area contributed by atoms with E-state index in [0.717, 1.165) is 11.1 Å². The van der Waals surface area contributed by atoms with Crippen molar-refractivity contribution >= 4 is 17.8 Å². The van der Waals surface area contributed by atoms with Crippen molar-refractivity contribution in [3.63, 3.8) is 0 Å². The molecule has 0 unspecified atom stereocenters. The van der Waals surface area contributed by atoms with Crippen LogP contribution in [0.15, 0.2) is 72.8 Å². The lowest BCUT2D eigenvalue weighted by Crippen LogP contribution is -2.10. The molecule has 3 heteroatoms. The fourth-order valence-corrected chi connectivity index (χ4v) is 1.87. The van der Waals surface area contributed by atoms with Crippen LogP contribution in [0.5, 0.6) is 0 Å². The van der Waals surface area contributed by atoms with E-state index in [4.69, 9.17) is 9.47 Å². The summed E-state index contributed by atoms with van der Waals surface area (Å²) in [6.45, 7) is -0.0768. The fourth-order valence-electron chi connectivity index (χ4n) is 1.87. The molecule has 0 aromatic heterocycles. The third-order valence-corrected chi connectivity index (χ3v) is 2.88. The van der Waals surface area contributed by atoms with Crippen LogP contribution in [0.3, 0.4) is 0 Å². The Labute approximate surface area is 130 Å². The largest absolute Gasteiger partial charge is 0.424 e. The van der Waals surface area contributed by atoms with Gasteiger partial charge in [-0.25, -0.2) is 4.79 Å². The van der Waals surface area contributed by atoms with Crippen LogP contribution < -0.4 is 0 Å². The van der Waals surface area contributed by atoms with Gasteiger partial charge in [-0.15, -0.1) is 0 Å². The number of allylic oxidation sites excluding steroid dienone is 2. The van der Waals surface area contributed by atoms with E-state index in [1.165, 1.54) is 7.11 Å². The summed E-state index contributed by atoms with van der Waals surface area (Å²) in [5.41, 5.74) is 1.92. The Morgan fingerprint density at radius 2 is 1.64 bits per heavy atom. The highest BCUT2D eigenvalue weighted by Crippen LogP contribution is 2.16. The van der Waals surface area contributed by atoms with Crippen molar-refractivity contribution in [1.29, 1.82) is 0 Å². The molecule has 0 atom stereocenters. The predicted octanol–water partition coefficient (Wildman–Crippen LogP) is 3.93. The zero-order valence-corrected chi connectivity index (χ0v) is 12.4. The number of ether oxygens (including phenoxy) is 2. The van der Waals surface area contributed by atoms with Crippen molar-refractivity contribution in [3.05, 3.63) is 83.9 Å². The van der Waals surface area contributed by atoms with Crippen molar-refractivity contribution in [2.75, 3.05) is 13.7 Å². The lowest BCUT2D eigenvalue weighted by Gasteiger charge is -2.08. The number of methoxy groups -OCH3 is 1. The minimum absolute atomic E-state index is 0.0768. The molecule has 0 aliphatic carbocycles. The van der Waals surface area contributed by atoms with E-state index in [-0.39, 0.29) is 6.61 Å². The number of esters is 1. The third kappa shape index (κ3) is 5.04. The maximum absolute atomic E-state index is 11.6. The van der Waals surface area contributed by atoms with Crippen LogP contribution in [0.25, 0.3) is 11.8 Å². The van der Waals surface area contributed by atoms with Gasteiger partial charge >= 0.3 is 5.97 Å². The summed E-state index contributed by atoms with van der Waals surface area (Å²) in [5.74, 6) is 0.0699. The van der Waals surface area contributed by atoms with E-state index in [0.29, 0.717) is 5.76 Å². The summed E-state index contributed by atoms with van der Waals surface area (Å²) in [7, 11) is 1.46. The Balaban J connectivity index is 2.18. The number of benzene rings is 2. The second-order valence-corrected chi connectivity index (χ2v) is 4.57. The van der Waals surface area contributed by atoms with Crippen LogP contribution in [0, 0.1) is 0 Å². The Morgan fingerprint density at radius 3 is 2.27 bits per heavy atom. The molecule has 3 nitrogen and oxygen atoms in total. The number of rotatable bonds is 6. The minimum Gasteiger partial charge on any atom is -0.424 e. The van der Waals surface area contributed by atoms with Crippen molar-refractivity contribution < 1.29 is 14.3 Å². The molecule has 0 saturated carbocycles. The Kier molecular flexibility index (Phi) is 6.15. The van der Waals surface area contributed by atoms with Crippen LogP contribution in [0.2, 0.25) is 0 Å². The quantitative estimate of drug-likeness (QED) is 0.460. The molecule has 0 spiro atoms. The first-order valence-corrected chi connectivity index (χ1v) is 6.98. The summed E-state index contributed by atoms with van der Waals surface area (Å²) >= 11 is 0. The van der Waals surface area contributed by atoms with Crippen molar-refractivity contribution in [2.45, 2.75) is 0 Å². The maximum Gasteiger partial charge on any atom is 0.337 e. The van der Waals surface area contributed by atoms with Crippen molar-refractivity contribution in [3.8, 4) is 0 Å². The average molecular weight is 294 g/mol. The van der Waals surface area contributed by atoms with Gasteiger partial charge in [0.15, 0.2) is 0 Å². The number of carbonyl (C=O) groups is 1. The van der Waals surface area contributed by atoms with Crippen LogP contribution in [0.1, 0.15) is 11.1 Å². The highest BCUT2D eigenvalue weighted by molar-refractivity contribution is 5.79. The van der Waals surface area contributed by atoms with Gasteiger partial charge in [-0.1, -0.05) is 72.8 Å². The molecule has 2 aromatic rings. The monoisotopic (exact) mass is 294 g/mol. The van der Waals surface area contributed by atoms with E-state index in [1.807, 2.05) is 72.8 Å². The smallest absolute Gasteiger partial charge is 0.337 e.